The van der Waals surface area contributed by atoms with Crippen LogP contribution in [0.3, 0.4) is 0 Å². The van der Waals surface area contributed by atoms with Crippen molar-refractivity contribution in [3.8, 4) is 0 Å². The van der Waals surface area contributed by atoms with E-state index in [2.05, 4.69) is 43.5 Å². The molecule has 2 fully saturated rings. The fraction of sp³-hybridized carbons (Fsp3) is 0.556. The normalized spacial score (nSPS) is 25.3. The van der Waals surface area contributed by atoms with E-state index in [0.717, 1.165) is 64.0 Å². The second kappa shape index (κ2) is 6.53. The van der Waals surface area contributed by atoms with Crippen molar-refractivity contribution in [3.63, 3.8) is 0 Å². The topological polar surface area (TPSA) is 46.4 Å². The van der Waals surface area contributed by atoms with Crippen LogP contribution in [0.25, 0.3) is 0 Å². The highest BCUT2D eigenvalue weighted by atomic mass is 16.5. The molecule has 24 heavy (non-hydrogen) atoms. The summed E-state index contributed by atoms with van der Waals surface area (Å²) < 4.78 is 8.08. The summed E-state index contributed by atoms with van der Waals surface area (Å²) in [6.07, 6.45) is 6.91. The minimum atomic E-state index is 0.194. The lowest BCUT2D eigenvalue weighted by Gasteiger charge is -2.31. The van der Waals surface area contributed by atoms with Crippen LogP contribution in [0.15, 0.2) is 36.8 Å². The summed E-state index contributed by atoms with van der Waals surface area (Å²) in [4.78, 5) is 13.9. The molecule has 1 atom stereocenters. The van der Waals surface area contributed by atoms with Crippen LogP contribution in [-0.2, 0) is 18.3 Å². The Morgan fingerprint density at radius 2 is 2.12 bits per heavy atom. The Labute approximate surface area is 143 Å². The van der Waals surface area contributed by atoms with Gasteiger partial charge in [0.15, 0.2) is 0 Å². The highest BCUT2D eigenvalue weighted by Gasteiger charge is 2.41. The predicted octanol–water partition coefficient (Wildman–Crippen LogP) is 1.54. The molecule has 1 spiro atoms. The summed E-state index contributed by atoms with van der Waals surface area (Å²) in [6.45, 7) is 6.63. The third-order valence-corrected chi connectivity index (χ3v) is 5.22. The highest BCUT2D eigenvalue weighted by Crippen LogP contribution is 2.35. The molecule has 2 aromatic rings. The molecule has 4 heterocycles. The zero-order valence-electron chi connectivity index (χ0n) is 14.3. The maximum Gasteiger partial charge on any atom is 0.128 e. The number of ether oxygens (including phenoxy) is 1. The van der Waals surface area contributed by atoms with Crippen molar-refractivity contribution in [2.45, 2.75) is 13.0 Å². The van der Waals surface area contributed by atoms with Gasteiger partial charge < -0.3 is 14.2 Å². The Kier molecular flexibility index (Phi) is 4.24. The first kappa shape index (κ1) is 15.6. The SMILES string of the molecule is Cn1ccnc1CN1CCOCC2(CCN(c3ccccn3)C2)C1. The van der Waals surface area contributed by atoms with Crippen LogP contribution in [0, 0.1) is 5.41 Å². The summed E-state index contributed by atoms with van der Waals surface area (Å²) in [7, 11) is 2.06. The van der Waals surface area contributed by atoms with Gasteiger partial charge in [0.05, 0.1) is 19.8 Å². The molecular weight excluding hydrogens is 302 g/mol. The van der Waals surface area contributed by atoms with Crippen molar-refractivity contribution in [2.75, 3.05) is 44.3 Å². The number of hydrogen-bond acceptors (Lipinski definition) is 5. The molecule has 2 aliphatic heterocycles. The van der Waals surface area contributed by atoms with Gasteiger partial charge in [0.25, 0.3) is 0 Å². The van der Waals surface area contributed by atoms with Gasteiger partial charge in [-0.15, -0.1) is 0 Å². The number of aryl methyl sites for hydroxylation is 1. The zero-order chi connectivity index (χ0) is 16.4. The molecule has 2 aromatic heterocycles. The molecule has 0 aliphatic carbocycles. The summed E-state index contributed by atoms with van der Waals surface area (Å²) in [5.41, 5.74) is 0.194. The van der Waals surface area contributed by atoms with E-state index in [1.54, 1.807) is 0 Å². The lowest BCUT2D eigenvalue weighted by Crippen LogP contribution is -2.40. The predicted molar refractivity (Wildman–Crippen MR) is 92.8 cm³/mol. The highest BCUT2D eigenvalue weighted by molar-refractivity contribution is 5.40. The fourth-order valence-electron chi connectivity index (χ4n) is 3.88. The molecule has 0 aromatic carbocycles. The third kappa shape index (κ3) is 3.16. The molecule has 2 aliphatic rings. The van der Waals surface area contributed by atoms with Crippen molar-refractivity contribution in [1.29, 1.82) is 0 Å². The van der Waals surface area contributed by atoms with Crippen molar-refractivity contribution in [2.24, 2.45) is 12.5 Å². The van der Waals surface area contributed by atoms with Gasteiger partial charge in [-0.25, -0.2) is 9.97 Å². The average molecular weight is 327 g/mol. The standard InChI is InChI=1S/C18H25N5O/c1-21-9-7-20-17(21)12-22-10-11-24-15-18(13-22)5-8-23(14-18)16-4-2-3-6-19-16/h2-4,6-7,9H,5,8,10-15H2,1H3. The van der Waals surface area contributed by atoms with Gasteiger partial charge in [0.2, 0.25) is 0 Å². The first-order valence-electron chi connectivity index (χ1n) is 8.66. The van der Waals surface area contributed by atoms with Crippen LogP contribution in [0.4, 0.5) is 5.82 Å². The second-order valence-electron chi connectivity index (χ2n) is 7.08. The summed E-state index contributed by atoms with van der Waals surface area (Å²) in [5.74, 6) is 2.20. The molecular formula is C18H25N5O. The second-order valence-corrected chi connectivity index (χ2v) is 7.08. The van der Waals surface area contributed by atoms with Gasteiger partial charge >= 0.3 is 0 Å². The van der Waals surface area contributed by atoms with Crippen LogP contribution in [-0.4, -0.2) is 58.8 Å². The van der Waals surface area contributed by atoms with E-state index in [4.69, 9.17) is 4.74 Å². The van der Waals surface area contributed by atoms with Crippen LogP contribution < -0.4 is 4.90 Å². The minimum absolute atomic E-state index is 0.194. The van der Waals surface area contributed by atoms with Gasteiger partial charge in [0, 0.05) is 57.2 Å². The minimum Gasteiger partial charge on any atom is -0.379 e. The third-order valence-electron chi connectivity index (χ3n) is 5.22. The van der Waals surface area contributed by atoms with E-state index in [0.29, 0.717) is 0 Å². The molecule has 1 unspecified atom stereocenters. The van der Waals surface area contributed by atoms with E-state index in [9.17, 15) is 0 Å². The Morgan fingerprint density at radius 1 is 1.17 bits per heavy atom. The number of aromatic nitrogens is 3. The monoisotopic (exact) mass is 327 g/mol. The lowest BCUT2D eigenvalue weighted by atomic mass is 9.87. The molecule has 6 nitrogen and oxygen atoms in total. The maximum atomic E-state index is 5.98. The van der Waals surface area contributed by atoms with Crippen molar-refractivity contribution in [1.82, 2.24) is 19.4 Å². The number of pyridine rings is 1. The van der Waals surface area contributed by atoms with Crippen LogP contribution >= 0.6 is 0 Å². The Bertz CT molecular complexity index is 673. The lowest BCUT2D eigenvalue weighted by molar-refractivity contribution is 0.0797. The number of rotatable bonds is 3. The molecule has 2 saturated heterocycles. The largest absolute Gasteiger partial charge is 0.379 e. The molecule has 0 amide bonds. The average Bonchev–Trinajstić information content (AvgIpc) is 3.13. The smallest absolute Gasteiger partial charge is 0.128 e. The van der Waals surface area contributed by atoms with E-state index in [-0.39, 0.29) is 5.41 Å². The molecule has 0 bridgehead atoms. The number of anilines is 1. The molecule has 0 radical (unpaired) electrons. The number of nitrogens with zero attached hydrogens (tertiary/aromatic N) is 5. The number of hydrogen-bond donors (Lipinski definition) is 0. The summed E-state index contributed by atoms with van der Waals surface area (Å²) >= 11 is 0. The van der Waals surface area contributed by atoms with Crippen molar-refractivity contribution in [3.05, 3.63) is 42.6 Å². The zero-order valence-corrected chi connectivity index (χ0v) is 14.3. The van der Waals surface area contributed by atoms with E-state index >= 15 is 0 Å². The van der Waals surface area contributed by atoms with Gasteiger partial charge in [-0.1, -0.05) is 6.07 Å². The maximum absolute atomic E-state index is 5.98. The Balaban J connectivity index is 1.47. The van der Waals surface area contributed by atoms with E-state index in [1.165, 1.54) is 0 Å². The number of imidazole rings is 1. The quantitative estimate of drug-likeness (QED) is 0.856. The summed E-state index contributed by atoms with van der Waals surface area (Å²) in [6, 6.07) is 6.13. The van der Waals surface area contributed by atoms with Gasteiger partial charge in [-0.3, -0.25) is 4.90 Å². The molecule has 6 heteroatoms. The first-order chi connectivity index (χ1) is 11.7. The molecule has 0 saturated carbocycles. The first-order valence-corrected chi connectivity index (χ1v) is 8.66. The Hall–Kier alpha value is -1.92. The van der Waals surface area contributed by atoms with Gasteiger partial charge in [-0.05, 0) is 18.6 Å². The van der Waals surface area contributed by atoms with Crippen LogP contribution in [0.5, 0.6) is 0 Å². The van der Waals surface area contributed by atoms with E-state index < -0.39 is 0 Å². The van der Waals surface area contributed by atoms with E-state index in [1.807, 2.05) is 24.7 Å². The van der Waals surface area contributed by atoms with Crippen molar-refractivity contribution < 1.29 is 4.74 Å². The van der Waals surface area contributed by atoms with Crippen LogP contribution in [0.1, 0.15) is 12.2 Å². The summed E-state index contributed by atoms with van der Waals surface area (Å²) in [5, 5.41) is 0. The molecule has 0 N–H and O–H groups in total. The Morgan fingerprint density at radius 3 is 2.92 bits per heavy atom. The van der Waals surface area contributed by atoms with Gasteiger partial charge in [0.1, 0.15) is 11.6 Å². The molecule has 128 valence electrons. The van der Waals surface area contributed by atoms with Gasteiger partial charge in [-0.2, -0.15) is 0 Å². The van der Waals surface area contributed by atoms with Crippen LogP contribution in [0.2, 0.25) is 0 Å². The van der Waals surface area contributed by atoms with Crippen molar-refractivity contribution >= 4 is 5.82 Å². The fourth-order valence-corrected chi connectivity index (χ4v) is 3.88. The molecule has 4 rings (SSSR count).